The quantitative estimate of drug-likeness (QED) is 0.841. The van der Waals surface area contributed by atoms with E-state index in [9.17, 15) is 4.79 Å². The van der Waals surface area contributed by atoms with Gasteiger partial charge < -0.3 is 9.84 Å². The van der Waals surface area contributed by atoms with Crippen LogP contribution >= 0.6 is 11.6 Å². The van der Waals surface area contributed by atoms with Gasteiger partial charge in [-0.2, -0.15) is 0 Å². The van der Waals surface area contributed by atoms with Crippen molar-refractivity contribution < 1.29 is 14.6 Å². The third-order valence-corrected chi connectivity index (χ3v) is 2.05. The Labute approximate surface area is 87.3 Å². The van der Waals surface area contributed by atoms with E-state index in [0.29, 0.717) is 10.8 Å². The van der Waals surface area contributed by atoms with Crippen LogP contribution < -0.4 is 4.74 Å². The van der Waals surface area contributed by atoms with Crippen molar-refractivity contribution in [3.63, 3.8) is 0 Å². The van der Waals surface area contributed by atoms with Crippen molar-refractivity contribution in [2.24, 2.45) is 0 Å². The first-order chi connectivity index (χ1) is 6.50. The van der Waals surface area contributed by atoms with Crippen LogP contribution in [0.1, 0.15) is 12.5 Å². The lowest BCUT2D eigenvalue weighted by atomic mass is 10.2. The lowest BCUT2D eigenvalue weighted by Crippen LogP contribution is -2.23. The van der Waals surface area contributed by atoms with E-state index in [1.165, 1.54) is 6.92 Å². The topological polar surface area (TPSA) is 46.5 Å². The maximum absolute atomic E-state index is 10.5. The Hall–Kier alpha value is -1.22. The molecule has 0 spiro atoms. The fourth-order valence-electron chi connectivity index (χ4n) is 0.942. The summed E-state index contributed by atoms with van der Waals surface area (Å²) in [5.74, 6) is -0.607. The highest BCUT2D eigenvalue weighted by molar-refractivity contribution is 6.32. The summed E-state index contributed by atoms with van der Waals surface area (Å²) in [5.41, 5.74) is 0.974. The summed E-state index contributed by atoms with van der Waals surface area (Å²) in [6, 6.07) is 5.23. The molecule has 0 aliphatic heterocycles. The predicted octanol–water partition coefficient (Wildman–Crippen LogP) is 2.50. The number of ether oxygens (including phenoxy) is 1. The first kappa shape index (κ1) is 10.9. The first-order valence-electron chi connectivity index (χ1n) is 4.16. The summed E-state index contributed by atoms with van der Waals surface area (Å²) in [6.07, 6.45) is -0.894. The van der Waals surface area contributed by atoms with Crippen LogP contribution in [-0.4, -0.2) is 17.2 Å². The fraction of sp³-hybridized carbons (Fsp3) is 0.300. The highest BCUT2D eigenvalue weighted by Gasteiger charge is 2.14. The van der Waals surface area contributed by atoms with Crippen LogP contribution in [-0.2, 0) is 4.79 Å². The maximum Gasteiger partial charge on any atom is 0.344 e. The summed E-state index contributed by atoms with van der Waals surface area (Å²) in [5, 5.41) is 9.06. The molecule has 0 heterocycles. The zero-order valence-corrected chi connectivity index (χ0v) is 8.71. The van der Waals surface area contributed by atoms with Gasteiger partial charge in [0.05, 0.1) is 5.02 Å². The van der Waals surface area contributed by atoms with Crippen LogP contribution in [0, 0.1) is 6.92 Å². The molecular formula is C10H11ClO3. The van der Waals surface area contributed by atoms with Crippen LogP contribution in [0.5, 0.6) is 5.75 Å². The molecule has 0 aliphatic carbocycles. The minimum Gasteiger partial charge on any atom is -0.479 e. The maximum atomic E-state index is 10.5. The highest BCUT2D eigenvalue weighted by Crippen LogP contribution is 2.26. The fourth-order valence-corrected chi connectivity index (χ4v) is 1.10. The Balaban J connectivity index is 2.85. The zero-order chi connectivity index (χ0) is 10.7. The SMILES string of the molecule is Cc1ccc(Cl)c(OC(C)C(=O)O)c1. The summed E-state index contributed by atoms with van der Waals surface area (Å²) >= 11 is 5.83. The molecule has 1 unspecified atom stereocenters. The standard InChI is InChI=1S/C10H11ClO3/c1-6-3-4-8(11)9(5-6)14-7(2)10(12)13/h3-5,7H,1-2H3,(H,12,13). The molecule has 1 N–H and O–H groups in total. The van der Waals surface area contributed by atoms with Crippen LogP contribution in [0.25, 0.3) is 0 Å². The molecule has 1 rings (SSSR count). The van der Waals surface area contributed by atoms with E-state index in [0.717, 1.165) is 5.56 Å². The molecule has 0 aromatic heterocycles. The molecule has 3 nitrogen and oxygen atoms in total. The number of aliphatic carboxylic acids is 1. The average Bonchev–Trinajstić information content (AvgIpc) is 2.11. The van der Waals surface area contributed by atoms with Gasteiger partial charge in [0.1, 0.15) is 5.75 Å². The molecule has 0 amide bonds. The van der Waals surface area contributed by atoms with Gasteiger partial charge in [-0.1, -0.05) is 17.7 Å². The van der Waals surface area contributed by atoms with Crippen molar-refractivity contribution in [1.29, 1.82) is 0 Å². The molecule has 0 saturated carbocycles. The van der Waals surface area contributed by atoms with E-state index < -0.39 is 12.1 Å². The van der Waals surface area contributed by atoms with Crippen LogP contribution in [0.2, 0.25) is 5.02 Å². The normalized spacial score (nSPS) is 12.2. The van der Waals surface area contributed by atoms with Gasteiger partial charge >= 0.3 is 5.97 Å². The van der Waals surface area contributed by atoms with E-state index in [4.69, 9.17) is 21.4 Å². The Morgan fingerprint density at radius 3 is 2.79 bits per heavy atom. The smallest absolute Gasteiger partial charge is 0.344 e. The predicted molar refractivity (Wildman–Crippen MR) is 53.9 cm³/mol. The van der Waals surface area contributed by atoms with Gasteiger partial charge in [-0.15, -0.1) is 0 Å². The number of benzene rings is 1. The number of hydrogen-bond donors (Lipinski definition) is 1. The number of rotatable bonds is 3. The van der Waals surface area contributed by atoms with Crippen LogP contribution in [0.3, 0.4) is 0 Å². The molecule has 76 valence electrons. The molecular weight excluding hydrogens is 204 g/mol. The molecule has 0 bridgehead atoms. The minimum atomic E-state index is -1.01. The third kappa shape index (κ3) is 2.64. The Morgan fingerprint density at radius 2 is 2.21 bits per heavy atom. The van der Waals surface area contributed by atoms with Crippen molar-refractivity contribution >= 4 is 17.6 Å². The molecule has 0 saturated heterocycles. The van der Waals surface area contributed by atoms with Crippen molar-refractivity contribution in [2.75, 3.05) is 0 Å². The van der Waals surface area contributed by atoms with Gasteiger partial charge in [0.15, 0.2) is 6.10 Å². The molecule has 0 fully saturated rings. The number of aryl methyl sites for hydroxylation is 1. The van der Waals surface area contributed by atoms with E-state index in [-0.39, 0.29) is 0 Å². The Morgan fingerprint density at radius 1 is 1.57 bits per heavy atom. The first-order valence-corrected chi connectivity index (χ1v) is 4.54. The van der Waals surface area contributed by atoms with Crippen LogP contribution in [0.4, 0.5) is 0 Å². The van der Waals surface area contributed by atoms with Gasteiger partial charge in [-0.3, -0.25) is 0 Å². The number of carbonyl (C=O) groups is 1. The van der Waals surface area contributed by atoms with Crippen molar-refractivity contribution in [2.45, 2.75) is 20.0 Å². The van der Waals surface area contributed by atoms with Crippen molar-refractivity contribution in [3.8, 4) is 5.75 Å². The summed E-state index contributed by atoms with van der Waals surface area (Å²) in [7, 11) is 0. The van der Waals surface area contributed by atoms with E-state index in [1.807, 2.05) is 13.0 Å². The molecule has 1 aromatic carbocycles. The second-order valence-corrected chi connectivity index (χ2v) is 3.44. The van der Waals surface area contributed by atoms with Gasteiger partial charge in [-0.25, -0.2) is 4.79 Å². The molecule has 14 heavy (non-hydrogen) atoms. The number of carboxylic acid groups (broad SMARTS) is 1. The van der Waals surface area contributed by atoms with Gasteiger partial charge in [0.25, 0.3) is 0 Å². The van der Waals surface area contributed by atoms with E-state index in [2.05, 4.69) is 0 Å². The molecule has 0 radical (unpaired) electrons. The molecule has 1 aromatic rings. The zero-order valence-electron chi connectivity index (χ0n) is 7.95. The summed E-state index contributed by atoms with van der Waals surface area (Å²) in [4.78, 5) is 10.5. The number of carboxylic acids is 1. The van der Waals surface area contributed by atoms with E-state index in [1.54, 1.807) is 12.1 Å². The second kappa shape index (κ2) is 4.33. The number of halogens is 1. The summed E-state index contributed by atoms with van der Waals surface area (Å²) < 4.78 is 5.16. The average molecular weight is 215 g/mol. The highest BCUT2D eigenvalue weighted by atomic mass is 35.5. The minimum absolute atomic E-state index is 0.404. The lowest BCUT2D eigenvalue weighted by Gasteiger charge is -2.11. The lowest BCUT2D eigenvalue weighted by molar-refractivity contribution is -0.144. The third-order valence-electron chi connectivity index (χ3n) is 1.74. The van der Waals surface area contributed by atoms with Crippen molar-refractivity contribution in [3.05, 3.63) is 28.8 Å². The van der Waals surface area contributed by atoms with Gasteiger partial charge in [0, 0.05) is 0 Å². The second-order valence-electron chi connectivity index (χ2n) is 3.03. The number of hydrogen-bond acceptors (Lipinski definition) is 2. The van der Waals surface area contributed by atoms with Gasteiger partial charge in [0.2, 0.25) is 0 Å². The van der Waals surface area contributed by atoms with Crippen molar-refractivity contribution in [1.82, 2.24) is 0 Å². The summed E-state index contributed by atoms with van der Waals surface area (Å²) in [6.45, 7) is 3.34. The van der Waals surface area contributed by atoms with E-state index >= 15 is 0 Å². The van der Waals surface area contributed by atoms with Gasteiger partial charge in [-0.05, 0) is 31.5 Å². The monoisotopic (exact) mass is 214 g/mol. The molecule has 0 aliphatic rings. The largest absolute Gasteiger partial charge is 0.479 e. The van der Waals surface area contributed by atoms with Crippen LogP contribution in [0.15, 0.2) is 18.2 Å². The molecule has 1 atom stereocenters. The molecule has 4 heteroatoms. The Bertz CT molecular complexity index is 349. The Kier molecular flexibility index (Phi) is 3.36.